The smallest absolute Gasteiger partial charge is 0.227 e. The second-order valence-electron chi connectivity index (χ2n) is 4.74. The van der Waals surface area contributed by atoms with Crippen molar-refractivity contribution >= 4 is 17.6 Å². The van der Waals surface area contributed by atoms with Crippen molar-refractivity contribution in [3.05, 3.63) is 0 Å². The topological polar surface area (TPSA) is 75.3 Å². The highest BCUT2D eigenvalue weighted by Gasteiger charge is 2.48. The molecule has 16 heavy (non-hydrogen) atoms. The summed E-state index contributed by atoms with van der Waals surface area (Å²) in [5, 5.41) is 5.74. The van der Waals surface area contributed by atoms with Crippen LogP contribution in [0.3, 0.4) is 0 Å². The Morgan fingerprint density at radius 3 is 2.88 bits per heavy atom. The molecule has 1 aliphatic heterocycles. The summed E-state index contributed by atoms with van der Waals surface area (Å²) < 4.78 is 0. The normalized spacial score (nSPS) is 33.9. The molecule has 2 fully saturated rings. The van der Waals surface area contributed by atoms with Gasteiger partial charge in [-0.1, -0.05) is 0 Å². The average molecular weight is 224 g/mol. The summed E-state index contributed by atoms with van der Waals surface area (Å²) in [5.74, 6) is -0.354. The molecule has 2 aliphatic rings. The summed E-state index contributed by atoms with van der Waals surface area (Å²) in [4.78, 5) is 34.0. The number of piperidine rings is 1. The van der Waals surface area contributed by atoms with Gasteiger partial charge in [-0.15, -0.1) is 0 Å². The molecule has 5 nitrogen and oxygen atoms in total. The van der Waals surface area contributed by atoms with E-state index in [-0.39, 0.29) is 30.1 Å². The first kappa shape index (κ1) is 11.1. The number of Topliss-reactive ketones (excluding diaryl/α,β-unsaturated/α-hetero) is 1. The number of hydrogen-bond donors (Lipinski definition) is 2. The quantitative estimate of drug-likeness (QED) is 0.610. The first-order valence-electron chi connectivity index (χ1n) is 5.62. The number of rotatable bonds is 1. The number of nitrogens with one attached hydrogen (secondary N) is 2. The second kappa shape index (κ2) is 3.88. The van der Waals surface area contributed by atoms with E-state index in [0.717, 1.165) is 19.3 Å². The van der Waals surface area contributed by atoms with Crippen molar-refractivity contribution in [2.75, 3.05) is 0 Å². The largest absolute Gasteiger partial charge is 0.351 e. The third kappa shape index (κ3) is 1.94. The molecule has 1 saturated heterocycles. The first-order chi connectivity index (χ1) is 7.52. The van der Waals surface area contributed by atoms with E-state index in [2.05, 4.69) is 10.6 Å². The predicted molar refractivity (Wildman–Crippen MR) is 56.6 cm³/mol. The molecular formula is C11H16N2O3. The minimum absolute atomic E-state index is 0.0193. The van der Waals surface area contributed by atoms with Gasteiger partial charge in [0.15, 0.2) is 0 Å². The van der Waals surface area contributed by atoms with Gasteiger partial charge in [0.1, 0.15) is 5.78 Å². The summed E-state index contributed by atoms with van der Waals surface area (Å²) in [6.07, 6.45) is 2.86. The fourth-order valence-electron chi connectivity index (χ4n) is 2.85. The van der Waals surface area contributed by atoms with Crippen molar-refractivity contribution in [2.24, 2.45) is 0 Å². The van der Waals surface area contributed by atoms with Crippen LogP contribution in [-0.4, -0.2) is 29.2 Å². The van der Waals surface area contributed by atoms with Gasteiger partial charge in [0, 0.05) is 13.3 Å². The fraction of sp³-hybridized carbons (Fsp3) is 0.727. The molecule has 0 aromatic rings. The van der Waals surface area contributed by atoms with Crippen LogP contribution >= 0.6 is 0 Å². The van der Waals surface area contributed by atoms with Gasteiger partial charge in [-0.05, 0) is 19.3 Å². The maximum Gasteiger partial charge on any atom is 0.227 e. The molecule has 1 heterocycles. The fourth-order valence-corrected chi connectivity index (χ4v) is 2.85. The Kier molecular flexibility index (Phi) is 2.69. The first-order valence-corrected chi connectivity index (χ1v) is 5.62. The minimum Gasteiger partial charge on any atom is -0.351 e. The monoisotopic (exact) mass is 224 g/mol. The van der Waals surface area contributed by atoms with Gasteiger partial charge in [0.25, 0.3) is 0 Å². The summed E-state index contributed by atoms with van der Waals surface area (Å²) in [6.45, 7) is 1.46. The number of ketones is 1. The highest BCUT2D eigenvalue weighted by atomic mass is 16.2. The molecule has 1 spiro atoms. The number of carbonyl (C=O) groups is 3. The minimum atomic E-state index is -0.516. The Bertz CT molecular complexity index is 335. The van der Waals surface area contributed by atoms with E-state index < -0.39 is 5.54 Å². The van der Waals surface area contributed by atoms with Crippen LogP contribution in [0.5, 0.6) is 0 Å². The van der Waals surface area contributed by atoms with E-state index in [1.165, 1.54) is 6.92 Å². The summed E-state index contributed by atoms with van der Waals surface area (Å²) in [7, 11) is 0. The van der Waals surface area contributed by atoms with E-state index >= 15 is 0 Å². The van der Waals surface area contributed by atoms with Gasteiger partial charge < -0.3 is 10.6 Å². The maximum atomic E-state index is 11.5. The number of amides is 2. The summed E-state index contributed by atoms with van der Waals surface area (Å²) in [6, 6.07) is -0.0989. The highest BCUT2D eigenvalue weighted by Crippen LogP contribution is 2.35. The molecule has 88 valence electrons. The van der Waals surface area contributed by atoms with E-state index in [1.54, 1.807) is 0 Å². The van der Waals surface area contributed by atoms with E-state index in [0.29, 0.717) is 6.42 Å². The third-order valence-electron chi connectivity index (χ3n) is 3.42. The number of hydrogen-bond acceptors (Lipinski definition) is 3. The van der Waals surface area contributed by atoms with Gasteiger partial charge in [-0.2, -0.15) is 0 Å². The predicted octanol–water partition coefficient (Wildman–Crippen LogP) is -0.107. The molecule has 2 amide bonds. The molecule has 2 atom stereocenters. The molecule has 2 N–H and O–H groups in total. The molecule has 0 aromatic carbocycles. The van der Waals surface area contributed by atoms with Crippen LogP contribution < -0.4 is 10.6 Å². The van der Waals surface area contributed by atoms with Crippen molar-refractivity contribution in [2.45, 2.75) is 50.6 Å². The lowest BCUT2D eigenvalue weighted by Crippen LogP contribution is -2.62. The molecule has 2 unspecified atom stereocenters. The van der Waals surface area contributed by atoms with Crippen LogP contribution in [0.25, 0.3) is 0 Å². The lowest BCUT2D eigenvalue weighted by molar-refractivity contribution is -0.135. The van der Waals surface area contributed by atoms with E-state index in [1.807, 2.05) is 0 Å². The third-order valence-corrected chi connectivity index (χ3v) is 3.42. The Balaban J connectivity index is 2.18. The zero-order valence-electron chi connectivity index (χ0n) is 9.34. The zero-order chi connectivity index (χ0) is 11.8. The molecule has 1 aliphatic carbocycles. The van der Waals surface area contributed by atoms with Crippen LogP contribution in [0.1, 0.15) is 39.0 Å². The average Bonchev–Trinajstić information content (AvgIpc) is 2.45. The van der Waals surface area contributed by atoms with Crippen LogP contribution in [0, 0.1) is 0 Å². The standard InChI is InChI=1S/C11H16N2O3/c1-7(14)12-9-3-2-4-11(9)6-8(15)5-10(16)13-11/h9H,2-6H2,1H3,(H,12,14)(H,13,16). The van der Waals surface area contributed by atoms with E-state index in [4.69, 9.17) is 0 Å². The van der Waals surface area contributed by atoms with Crippen molar-refractivity contribution in [3.63, 3.8) is 0 Å². The van der Waals surface area contributed by atoms with Gasteiger partial charge in [-0.25, -0.2) is 0 Å². The van der Waals surface area contributed by atoms with E-state index in [9.17, 15) is 14.4 Å². The Labute approximate surface area is 94.0 Å². The Hall–Kier alpha value is -1.39. The number of carbonyl (C=O) groups excluding carboxylic acids is 3. The lowest BCUT2D eigenvalue weighted by atomic mass is 9.83. The van der Waals surface area contributed by atoms with Crippen molar-refractivity contribution in [1.29, 1.82) is 0 Å². The highest BCUT2D eigenvalue weighted by molar-refractivity contribution is 6.01. The maximum absolute atomic E-state index is 11.5. The van der Waals surface area contributed by atoms with Crippen molar-refractivity contribution < 1.29 is 14.4 Å². The Morgan fingerprint density at radius 1 is 1.50 bits per heavy atom. The molecule has 5 heteroatoms. The van der Waals surface area contributed by atoms with Crippen LogP contribution in [-0.2, 0) is 14.4 Å². The second-order valence-corrected chi connectivity index (χ2v) is 4.74. The summed E-state index contributed by atoms with van der Waals surface area (Å²) >= 11 is 0. The lowest BCUT2D eigenvalue weighted by Gasteiger charge is -2.39. The SMILES string of the molecule is CC(=O)NC1CCCC12CC(=O)CC(=O)N2. The molecule has 0 aromatic heterocycles. The molecule has 0 radical (unpaired) electrons. The summed E-state index contributed by atoms with van der Waals surface area (Å²) in [5.41, 5.74) is -0.516. The van der Waals surface area contributed by atoms with Gasteiger partial charge in [0.2, 0.25) is 11.8 Å². The van der Waals surface area contributed by atoms with Gasteiger partial charge in [-0.3, -0.25) is 14.4 Å². The molecule has 1 saturated carbocycles. The zero-order valence-corrected chi connectivity index (χ0v) is 9.34. The van der Waals surface area contributed by atoms with Crippen LogP contribution in [0.15, 0.2) is 0 Å². The van der Waals surface area contributed by atoms with Crippen molar-refractivity contribution in [1.82, 2.24) is 10.6 Å². The molecule has 2 rings (SSSR count). The molecular weight excluding hydrogens is 208 g/mol. The molecule has 0 bridgehead atoms. The van der Waals surface area contributed by atoms with Gasteiger partial charge in [0.05, 0.1) is 18.0 Å². The van der Waals surface area contributed by atoms with Gasteiger partial charge >= 0.3 is 0 Å². The Morgan fingerprint density at radius 2 is 2.25 bits per heavy atom. The van der Waals surface area contributed by atoms with Crippen LogP contribution in [0.2, 0.25) is 0 Å². The van der Waals surface area contributed by atoms with Crippen molar-refractivity contribution in [3.8, 4) is 0 Å². The van der Waals surface area contributed by atoms with Crippen LogP contribution in [0.4, 0.5) is 0 Å².